The van der Waals surface area contributed by atoms with Gasteiger partial charge in [-0.2, -0.15) is 0 Å². The van der Waals surface area contributed by atoms with Crippen molar-refractivity contribution < 1.29 is 29.3 Å². The van der Waals surface area contributed by atoms with Crippen molar-refractivity contribution in [1.29, 1.82) is 0 Å². The van der Waals surface area contributed by atoms with E-state index in [1.54, 1.807) is 0 Å². The number of aliphatic carboxylic acids is 2. The van der Waals surface area contributed by atoms with Gasteiger partial charge in [-0.3, -0.25) is 9.59 Å². The second-order valence-electron chi connectivity index (χ2n) is 6.72. The molecule has 0 aromatic heterocycles. The highest BCUT2D eigenvalue weighted by atomic mass is 16.5. The molecule has 29 heavy (non-hydrogen) atoms. The van der Waals surface area contributed by atoms with Gasteiger partial charge < -0.3 is 20.3 Å². The monoisotopic (exact) mass is 399 g/mol. The van der Waals surface area contributed by atoms with Gasteiger partial charge in [0.15, 0.2) is 6.10 Å². The molecule has 0 heterocycles. The minimum Gasteiger partial charge on any atom is -0.481 e. The molecule has 0 saturated carbocycles. The van der Waals surface area contributed by atoms with Crippen molar-refractivity contribution in [3.05, 3.63) is 60.2 Å². The second-order valence-corrected chi connectivity index (χ2v) is 6.72. The molecular formula is C22H25NO6. The second kappa shape index (κ2) is 11.0. The maximum Gasteiger partial charge on any atom is 0.332 e. The normalized spacial score (nSPS) is 12.7. The molecule has 0 fully saturated rings. The van der Waals surface area contributed by atoms with Gasteiger partial charge in [-0.15, -0.1) is 0 Å². The summed E-state index contributed by atoms with van der Waals surface area (Å²) < 4.78 is 4.99. The molecule has 0 aliphatic rings. The fourth-order valence-electron chi connectivity index (χ4n) is 3.02. The van der Waals surface area contributed by atoms with E-state index in [2.05, 4.69) is 5.32 Å². The van der Waals surface area contributed by atoms with Gasteiger partial charge in [0.1, 0.15) is 0 Å². The van der Waals surface area contributed by atoms with Crippen molar-refractivity contribution in [2.45, 2.75) is 37.8 Å². The highest BCUT2D eigenvalue weighted by Gasteiger charge is 2.24. The summed E-state index contributed by atoms with van der Waals surface area (Å²) in [6, 6.07) is 17.2. The number of carboxylic acids is 2. The molecule has 2 aromatic rings. The molecule has 0 aliphatic carbocycles. The standard InChI is InChI=1S/C22H25NO6/c1-29-19(22(27)28)14-18(23-20(24)11-12-21(25)26)13-15-7-9-17(10-8-15)16-5-3-2-4-6-16/h2-10,18-19H,11-14H2,1H3,(H,23,24)(H,25,26)(H,27,28)/t18-,19+/m1/s1. The Morgan fingerprint density at radius 2 is 1.55 bits per heavy atom. The lowest BCUT2D eigenvalue weighted by atomic mass is 9.97. The van der Waals surface area contributed by atoms with E-state index in [1.165, 1.54) is 7.11 Å². The Labute approximate surface area is 169 Å². The van der Waals surface area contributed by atoms with Gasteiger partial charge in [-0.05, 0) is 23.1 Å². The predicted molar refractivity (Wildman–Crippen MR) is 107 cm³/mol. The van der Waals surface area contributed by atoms with Crippen LogP contribution in [0.25, 0.3) is 11.1 Å². The summed E-state index contributed by atoms with van der Waals surface area (Å²) in [6.45, 7) is 0. The minimum atomic E-state index is -1.11. The smallest absolute Gasteiger partial charge is 0.332 e. The van der Waals surface area contributed by atoms with Crippen LogP contribution in [0.2, 0.25) is 0 Å². The highest BCUT2D eigenvalue weighted by molar-refractivity contribution is 5.81. The molecule has 0 radical (unpaired) electrons. The van der Waals surface area contributed by atoms with Gasteiger partial charge in [0.2, 0.25) is 5.91 Å². The number of carbonyl (C=O) groups excluding carboxylic acids is 1. The topological polar surface area (TPSA) is 113 Å². The lowest BCUT2D eigenvalue weighted by molar-refractivity contribution is -0.149. The summed E-state index contributed by atoms with van der Waals surface area (Å²) in [6.07, 6.45) is -1.03. The van der Waals surface area contributed by atoms with Crippen molar-refractivity contribution in [2.75, 3.05) is 7.11 Å². The van der Waals surface area contributed by atoms with E-state index in [0.29, 0.717) is 6.42 Å². The Bertz CT molecular complexity index is 819. The predicted octanol–water partition coefficient (Wildman–Crippen LogP) is 2.74. The number of hydrogen-bond donors (Lipinski definition) is 3. The first-order valence-electron chi connectivity index (χ1n) is 9.30. The molecular weight excluding hydrogens is 374 g/mol. The summed E-state index contributed by atoms with van der Waals surface area (Å²) in [5.41, 5.74) is 3.06. The van der Waals surface area contributed by atoms with Gasteiger partial charge in [0.05, 0.1) is 6.42 Å². The quantitative estimate of drug-likeness (QED) is 0.535. The fourth-order valence-corrected chi connectivity index (χ4v) is 3.02. The number of nitrogens with one attached hydrogen (secondary N) is 1. The van der Waals surface area contributed by atoms with Gasteiger partial charge >= 0.3 is 11.9 Å². The van der Waals surface area contributed by atoms with Gasteiger partial charge in [0.25, 0.3) is 0 Å². The molecule has 0 saturated heterocycles. The minimum absolute atomic E-state index is 0.0745. The summed E-state index contributed by atoms with van der Waals surface area (Å²) >= 11 is 0. The van der Waals surface area contributed by atoms with Crippen LogP contribution in [0, 0.1) is 0 Å². The van der Waals surface area contributed by atoms with E-state index in [1.807, 2.05) is 54.6 Å². The Morgan fingerprint density at radius 1 is 0.931 bits per heavy atom. The van der Waals surface area contributed by atoms with Gasteiger partial charge in [-0.1, -0.05) is 54.6 Å². The van der Waals surface area contributed by atoms with Crippen LogP contribution >= 0.6 is 0 Å². The molecule has 0 spiro atoms. The van der Waals surface area contributed by atoms with E-state index in [0.717, 1.165) is 16.7 Å². The van der Waals surface area contributed by atoms with Gasteiger partial charge in [-0.25, -0.2) is 4.79 Å². The van der Waals surface area contributed by atoms with Crippen molar-refractivity contribution >= 4 is 17.8 Å². The third-order valence-corrected chi connectivity index (χ3v) is 4.53. The van der Waals surface area contributed by atoms with E-state index in [-0.39, 0.29) is 19.3 Å². The van der Waals surface area contributed by atoms with E-state index in [4.69, 9.17) is 9.84 Å². The van der Waals surface area contributed by atoms with E-state index < -0.39 is 30.0 Å². The van der Waals surface area contributed by atoms with Crippen LogP contribution < -0.4 is 5.32 Å². The van der Waals surface area contributed by atoms with Crippen molar-refractivity contribution in [3.63, 3.8) is 0 Å². The Morgan fingerprint density at radius 3 is 2.10 bits per heavy atom. The number of amides is 1. The van der Waals surface area contributed by atoms with Crippen molar-refractivity contribution in [2.24, 2.45) is 0 Å². The van der Waals surface area contributed by atoms with Crippen molar-refractivity contribution in [1.82, 2.24) is 5.32 Å². The van der Waals surface area contributed by atoms with Crippen LogP contribution in [0.5, 0.6) is 0 Å². The largest absolute Gasteiger partial charge is 0.481 e. The first-order chi connectivity index (χ1) is 13.9. The molecule has 2 aromatic carbocycles. The summed E-state index contributed by atoms with van der Waals surface area (Å²) in [5, 5.41) is 20.7. The molecule has 154 valence electrons. The summed E-state index contributed by atoms with van der Waals surface area (Å²) in [4.78, 5) is 34.0. The lowest BCUT2D eigenvalue weighted by Crippen LogP contribution is -2.41. The van der Waals surface area contributed by atoms with Crippen molar-refractivity contribution in [3.8, 4) is 11.1 Å². The fraction of sp³-hybridized carbons (Fsp3) is 0.318. The average molecular weight is 399 g/mol. The maximum absolute atomic E-state index is 12.1. The van der Waals surface area contributed by atoms with Crippen LogP contribution in [0.15, 0.2) is 54.6 Å². The first-order valence-corrected chi connectivity index (χ1v) is 9.30. The molecule has 7 nitrogen and oxygen atoms in total. The zero-order valence-electron chi connectivity index (χ0n) is 16.2. The van der Waals surface area contributed by atoms with Crippen LogP contribution in [-0.2, 0) is 25.5 Å². The number of methoxy groups -OCH3 is 1. The molecule has 1 amide bonds. The van der Waals surface area contributed by atoms with E-state index in [9.17, 15) is 19.5 Å². The van der Waals surface area contributed by atoms with Crippen LogP contribution in [0.4, 0.5) is 0 Å². The van der Waals surface area contributed by atoms with Crippen LogP contribution in [-0.4, -0.2) is 47.3 Å². The van der Waals surface area contributed by atoms with Gasteiger partial charge in [0, 0.05) is 26.0 Å². The number of carbonyl (C=O) groups is 3. The Kier molecular flexibility index (Phi) is 8.36. The number of carboxylic acid groups (broad SMARTS) is 2. The SMILES string of the molecule is CO[C@@H](C[C@@H](Cc1ccc(-c2ccccc2)cc1)NC(=O)CCC(=O)O)C(=O)O. The Hall–Kier alpha value is -3.19. The zero-order valence-corrected chi connectivity index (χ0v) is 16.2. The molecule has 2 rings (SSSR count). The number of ether oxygens (including phenoxy) is 1. The average Bonchev–Trinajstić information content (AvgIpc) is 2.71. The molecule has 0 bridgehead atoms. The zero-order chi connectivity index (χ0) is 21.2. The first kappa shape index (κ1) is 22.1. The lowest BCUT2D eigenvalue weighted by Gasteiger charge is -2.22. The molecule has 3 N–H and O–H groups in total. The van der Waals surface area contributed by atoms with Crippen LogP contribution in [0.3, 0.4) is 0 Å². The maximum atomic E-state index is 12.1. The number of benzene rings is 2. The highest BCUT2D eigenvalue weighted by Crippen LogP contribution is 2.20. The Balaban J connectivity index is 2.09. The molecule has 2 atom stereocenters. The molecule has 0 unspecified atom stereocenters. The van der Waals surface area contributed by atoms with E-state index >= 15 is 0 Å². The summed E-state index contributed by atoms with van der Waals surface area (Å²) in [7, 11) is 1.30. The third kappa shape index (κ3) is 7.38. The van der Waals surface area contributed by atoms with Crippen LogP contribution in [0.1, 0.15) is 24.8 Å². The molecule has 7 heteroatoms. The number of hydrogen-bond acceptors (Lipinski definition) is 4. The number of rotatable bonds is 11. The molecule has 0 aliphatic heterocycles. The summed E-state index contributed by atoms with van der Waals surface area (Å²) in [5.74, 6) is -2.61. The third-order valence-electron chi connectivity index (χ3n) is 4.53.